The quantitative estimate of drug-likeness (QED) is 0.617. The van der Waals surface area contributed by atoms with Crippen LogP contribution in [0, 0.1) is 5.92 Å². The van der Waals surface area contributed by atoms with Crippen molar-refractivity contribution < 1.29 is 27.2 Å². The summed E-state index contributed by atoms with van der Waals surface area (Å²) in [5, 5.41) is 2.89. The summed E-state index contributed by atoms with van der Waals surface area (Å²) in [6.07, 6.45) is 5.49. The molecule has 1 aromatic carbocycles. The van der Waals surface area contributed by atoms with E-state index in [1.807, 2.05) is 0 Å². The van der Waals surface area contributed by atoms with Gasteiger partial charge < -0.3 is 14.5 Å². The fourth-order valence-electron chi connectivity index (χ4n) is 3.32. The third-order valence-corrected chi connectivity index (χ3v) is 6.55. The van der Waals surface area contributed by atoms with Gasteiger partial charge in [0.15, 0.2) is 6.61 Å². The molecule has 3 rings (SSSR count). The Labute approximate surface area is 176 Å². The van der Waals surface area contributed by atoms with E-state index in [4.69, 9.17) is 9.15 Å². The fourth-order valence-corrected chi connectivity index (χ4v) is 4.31. The van der Waals surface area contributed by atoms with Crippen LogP contribution in [0.3, 0.4) is 0 Å². The third kappa shape index (κ3) is 6.17. The Morgan fingerprint density at radius 2 is 1.80 bits per heavy atom. The van der Waals surface area contributed by atoms with Crippen molar-refractivity contribution in [2.45, 2.75) is 50.1 Å². The minimum atomic E-state index is -3.75. The van der Waals surface area contributed by atoms with E-state index in [1.165, 1.54) is 30.5 Å². The normalized spacial score (nSPS) is 19.2. The zero-order valence-electron chi connectivity index (χ0n) is 16.8. The van der Waals surface area contributed by atoms with Crippen LogP contribution in [-0.2, 0) is 26.1 Å². The highest BCUT2D eigenvalue weighted by Crippen LogP contribution is 2.23. The minimum absolute atomic E-state index is 0.00914. The minimum Gasteiger partial charge on any atom is -0.468 e. The van der Waals surface area contributed by atoms with E-state index in [0.717, 1.165) is 25.7 Å². The van der Waals surface area contributed by atoms with Crippen LogP contribution in [0.5, 0.6) is 0 Å². The number of carbonyl (C=O) groups is 2. The molecule has 1 aliphatic rings. The molecule has 1 aromatic heterocycles. The van der Waals surface area contributed by atoms with Gasteiger partial charge in [-0.15, -0.1) is 0 Å². The van der Waals surface area contributed by atoms with Crippen LogP contribution in [0.2, 0.25) is 0 Å². The zero-order valence-corrected chi connectivity index (χ0v) is 17.6. The van der Waals surface area contributed by atoms with Gasteiger partial charge in [0.1, 0.15) is 5.76 Å². The van der Waals surface area contributed by atoms with Gasteiger partial charge in [-0.1, -0.05) is 6.92 Å². The molecule has 0 radical (unpaired) electrons. The Hall–Kier alpha value is -2.65. The Morgan fingerprint density at radius 1 is 1.10 bits per heavy atom. The van der Waals surface area contributed by atoms with Gasteiger partial charge in [-0.05, 0) is 68.0 Å². The van der Waals surface area contributed by atoms with Crippen molar-refractivity contribution in [1.82, 2.24) is 10.0 Å². The molecule has 1 heterocycles. The van der Waals surface area contributed by atoms with Crippen LogP contribution in [0.25, 0.3) is 0 Å². The number of nitrogens with one attached hydrogen (secondary N) is 2. The molecule has 30 heavy (non-hydrogen) atoms. The summed E-state index contributed by atoms with van der Waals surface area (Å²) in [7, 11) is -3.75. The lowest BCUT2D eigenvalue weighted by molar-refractivity contribution is -0.125. The molecule has 2 N–H and O–H groups in total. The molecule has 162 valence electrons. The van der Waals surface area contributed by atoms with Gasteiger partial charge >= 0.3 is 5.97 Å². The number of sulfonamides is 1. The number of benzene rings is 1. The van der Waals surface area contributed by atoms with Crippen molar-refractivity contribution in [1.29, 1.82) is 0 Å². The Balaban J connectivity index is 1.47. The smallest absolute Gasteiger partial charge is 0.338 e. The van der Waals surface area contributed by atoms with Gasteiger partial charge in [0.05, 0.1) is 23.3 Å². The zero-order chi connectivity index (χ0) is 21.6. The number of rotatable bonds is 8. The van der Waals surface area contributed by atoms with Crippen molar-refractivity contribution in [3.8, 4) is 0 Å². The lowest BCUT2D eigenvalue weighted by Crippen LogP contribution is -2.39. The molecule has 2 aromatic rings. The molecule has 1 amide bonds. The molecule has 0 bridgehead atoms. The second-order valence-electron chi connectivity index (χ2n) is 7.53. The number of hydrogen-bond donors (Lipinski definition) is 2. The lowest BCUT2D eigenvalue weighted by atomic mass is 9.87. The van der Waals surface area contributed by atoms with E-state index in [2.05, 4.69) is 17.0 Å². The molecule has 1 fully saturated rings. The molecular formula is C21H26N2O6S. The molecule has 0 unspecified atom stereocenters. The lowest BCUT2D eigenvalue weighted by Gasteiger charge is -2.26. The Kier molecular flexibility index (Phi) is 7.28. The molecule has 0 saturated heterocycles. The van der Waals surface area contributed by atoms with Crippen LogP contribution < -0.4 is 10.0 Å². The molecule has 0 spiro atoms. The standard InChI is InChI=1S/C21H26N2O6S/c1-15-4-8-17(9-5-15)23-20(24)14-29-21(25)16-6-10-19(11-7-16)30(26,27)22-13-18-3-2-12-28-18/h2-3,6-7,10-12,15,17,22H,4-5,8-9,13-14H2,1H3,(H,23,24). The maximum Gasteiger partial charge on any atom is 0.338 e. The van der Waals surface area contributed by atoms with E-state index < -0.39 is 16.0 Å². The molecule has 0 aliphatic heterocycles. The molecule has 1 saturated carbocycles. The van der Waals surface area contributed by atoms with Crippen molar-refractivity contribution in [2.75, 3.05) is 6.61 Å². The molecule has 0 atom stereocenters. The van der Waals surface area contributed by atoms with Gasteiger partial charge in [0.2, 0.25) is 10.0 Å². The van der Waals surface area contributed by atoms with E-state index in [9.17, 15) is 18.0 Å². The highest BCUT2D eigenvalue weighted by Gasteiger charge is 2.21. The molecule has 1 aliphatic carbocycles. The predicted octanol–water partition coefficient (Wildman–Crippen LogP) is 2.61. The average molecular weight is 435 g/mol. The maximum atomic E-state index is 12.3. The SMILES string of the molecule is CC1CCC(NC(=O)COC(=O)c2ccc(S(=O)(=O)NCc3ccco3)cc2)CC1. The number of hydrogen-bond acceptors (Lipinski definition) is 6. The number of carbonyl (C=O) groups excluding carboxylic acids is 2. The van der Waals surface area contributed by atoms with Gasteiger partial charge in [0.25, 0.3) is 5.91 Å². The summed E-state index contributed by atoms with van der Waals surface area (Å²) in [6, 6.07) is 8.78. The largest absolute Gasteiger partial charge is 0.468 e. The van der Waals surface area contributed by atoms with E-state index in [-0.39, 0.29) is 35.6 Å². The number of ether oxygens (including phenoxy) is 1. The summed E-state index contributed by atoms with van der Waals surface area (Å²) in [4.78, 5) is 24.2. The summed E-state index contributed by atoms with van der Waals surface area (Å²) in [5.74, 6) is 0.155. The number of esters is 1. The molecule has 8 nitrogen and oxygen atoms in total. The number of furan rings is 1. The van der Waals surface area contributed by atoms with E-state index in [1.54, 1.807) is 12.1 Å². The van der Waals surface area contributed by atoms with E-state index >= 15 is 0 Å². The predicted molar refractivity (Wildman–Crippen MR) is 109 cm³/mol. The van der Waals surface area contributed by atoms with Gasteiger partial charge in [0, 0.05) is 6.04 Å². The van der Waals surface area contributed by atoms with Crippen LogP contribution in [0.4, 0.5) is 0 Å². The monoisotopic (exact) mass is 434 g/mol. The second kappa shape index (κ2) is 9.90. The first kappa shape index (κ1) is 22.0. The van der Waals surface area contributed by atoms with Gasteiger partial charge in [-0.3, -0.25) is 4.79 Å². The highest BCUT2D eigenvalue weighted by atomic mass is 32.2. The highest BCUT2D eigenvalue weighted by molar-refractivity contribution is 7.89. The average Bonchev–Trinajstić information content (AvgIpc) is 3.26. The summed E-state index contributed by atoms with van der Waals surface area (Å²) >= 11 is 0. The fraction of sp³-hybridized carbons (Fsp3) is 0.429. The van der Waals surface area contributed by atoms with Crippen LogP contribution in [0.1, 0.15) is 48.7 Å². The first-order chi connectivity index (χ1) is 14.3. The third-order valence-electron chi connectivity index (χ3n) is 5.13. The van der Waals surface area contributed by atoms with Crippen molar-refractivity contribution >= 4 is 21.9 Å². The first-order valence-corrected chi connectivity index (χ1v) is 11.4. The Morgan fingerprint density at radius 3 is 2.43 bits per heavy atom. The van der Waals surface area contributed by atoms with Crippen molar-refractivity contribution in [3.63, 3.8) is 0 Å². The maximum absolute atomic E-state index is 12.3. The van der Waals surface area contributed by atoms with Gasteiger partial charge in [-0.2, -0.15) is 0 Å². The number of amides is 1. The molecule has 9 heteroatoms. The van der Waals surface area contributed by atoms with Crippen molar-refractivity contribution in [2.24, 2.45) is 5.92 Å². The summed E-state index contributed by atoms with van der Waals surface area (Å²) < 4.78 is 37.2. The van der Waals surface area contributed by atoms with Crippen LogP contribution in [-0.4, -0.2) is 32.9 Å². The van der Waals surface area contributed by atoms with Crippen LogP contribution in [0.15, 0.2) is 52.0 Å². The van der Waals surface area contributed by atoms with Gasteiger partial charge in [-0.25, -0.2) is 17.9 Å². The second-order valence-corrected chi connectivity index (χ2v) is 9.30. The van der Waals surface area contributed by atoms with Crippen molar-refractivity contribution in [3.05, 3.63) is 54.0 Å². The first-order valence-electron chi connectivity index (χ1n) is 9.92. The summed E-state index contributed by atoms with van der Waals surface area (Å²) in [6.45, 7) is 1.86. The summed E-state index contributed by atoms with van der Waals surface area (Å²) in [5.41, 5.74) is 0.166. The van der Waals surface area contributed by atoms with Crippen LogP contribution >= 0.6 is 0 Å². The molecular weight excluding hydrogens is 408 g/mol. The van der Waals surface area contributed by atoms with E-state index in [0.29, 0.717) is 11.7 Å². The topological polar surface area (TPSA) is 115 Å². The Bertz CT molecular complexity index is 946.